The molecule has 0 spiro atoms. The molecule has 3 saturated carbocycles. The number of piperidine rings is 1. The van der Waals surface area contributed by atoms with Crippen molar-refractivity contribution in [3.8, 4) is 0 Å². The Morgan fingerprint density at radius 3 is 2.44 bits per heavy atom. The molecule has 7 heteroatoms. The van der Waals surface area contributed by atoms with Gasteiger partial charge in [0.1, 0.15) is 6.04 Å². The molecule has 1 unspecified atom stereocenters. The minimum absolute atomic E-state index is 0.0619. The number of aryl methyl sites for hydroxylation is 1. The molecule has 3 aliphatic carbocycles. The van der Waals surface area contributed by atoms with Crippen molar-refractivity contribution in [3.05, 3.63) is 21.9 Å². The number of amides is 2. The summed E-state index contributed by atoms with van der Waals surface area (Å²) < 4.78 is 0. The second-order valence-corrected chi connectivity index (χ2v) is 11.9. The van der Waals surface area contributed by atoms with Crippen LogP contribution in [0.1, 0.15) is 74.0 Å². The number of nitrogens with zero attached hydrogens (tertiary/aromatic N) is 2. The maximum atomic E-state index is 13.5. The lowest BCUT2D eigenvalue weighted by molar-refractivity contribution is -0.145. The fourth-order valence-corrected chi connectivity index (χ4v) is 6.50. The lowest BCUT2D eigenvalue weighted by Crippen LogP contribution is -2.59. The van der Waals surface area contributed by atoms with E-state index < -0.39 is 0 Å². The topological polar surface area (TPSA) is 78.7 Å². The number of carbonyl (C=O) groups is 2. The third-order valence-electron chi connectivity index (χ3n) is 7.82. The highest BCUT2D eigenvalue weighted by molar-refractivity contribution is 7.11. The quantitative estimate of drug-likeness (QED) is 0.658. The molecular formula is C25H38N4O2S. The SMILES string of the molecule is Cc1ccc(CN(C2CC2)C2CCN(C(=O)C3CC3)[C@@H](C(=O)NC3CCC(N)CC3)C2)s1. The summed E-state index contributed by atoms with van der Waals surface area (Å²) in [7, 11) is 0. The molecule has 2 amide bonds. The number of thiophene rings is 1. The predicted molar refractivity (Wildman–Crippen MR) is 127 cm³/mol. The van der Waals surface area contributed by atoms with Crippen molar-refractivity contribution in [2.24, 2.45) is 11.7 Å². The Labute approximate surface area is 195 Å². The number of rotatable bonds is 7. The van der Waals surface area contributed by atoms with Gasteiger partial charge < -0.3 is 16.0 Å². The molecule has 5 rings (SSSR count). The molecule has 2 heterocycles. The summed E-state index contributed by atoms with van der Waals surface area (Å²) in [5.74, 6) is 0.427. The van der Waals surface area contributed by atoms with Gasteiger partial charge in [-0.05, 0) is 83.3 Å². The maximum Gasteiger partial charge on any atom is 0.243 e. The minimum Gasteiger partial charge on any atom is -0.352 e. The Morgan fingerprint density at radius 1 is 1.06 bits per heavy atom. The summed E-state index contributed by atoms with van der Waals surface area (Å²) >= 11 is 1.88. The first-order valence-electron chi connectivity index (χ1n) is 12.7. The Bertz CT molecular complexity index is 826. The third-order valence-corrected chi connectivity index (χ3v) is 8.81. The molecule has 2 atom stereocenters. The van der Waals surface area contributed by atoms with Gasteiger partial charge in [-0.2, -0.15) is 0 Å². The number of nitrogens with two attached hydrogens (primary N) is 1. The largest absolute Gasteiger partial charge is 0.352 e. The normalized spacial score (nSPS) is 31.0. The zero-order valence-corrected chi connectivity index (χ0v) is 20.1. The van der Waals surface area contributed by atoms with Crippen LogP contribution in [0.25, 0.3) is 0 Å². The predicted octanol–water partition coefficient (Wildman–Crippen LogP) is 3.18. The molecule has 1 saturated heterocycles. The van der Waals surface area contributed by atoms with Gasteiger partial charge >= 0.3 is 0 Å². The van der Waals surface area contributed by atoms with Crippen LogP contribution in [0.5, 0.6) is 0 Å². The summed E-state index contributed by atoms with van der Waals surface area (Å²) in [6.45, 7) is 3.84. The van der Waals surface area contributed by atoms with E-state index in [-0.39, 0.29) is 35.9 Å². The van der Waals surface area contributed by atoms with Crippen LogP contribution in [0.2, 0.25) is 0 Å². The number of likely N-dealkylation sites (tertiary alicyclic amines) is 1. The van der Waals surface area contributed by atoms with Crippen LogP contribution in [0.3, 0.4) is 0 Å². The van der Waals surface area contributed by atoms with Crippen LogP contribution in [-0.2, 0) is 16.1 Å². The van der Waals surface area contributed by atoms with Gasteiger partial charge in [-0.1, -0.05) is 0 Å². The van der Waals surface area contributed by atoms with Crippen molar-refractivity contribution in [1.82, 2.24) is 15.1 Å². The zero-order valence-electron chi connectivity index (χ0n) is 19.3. The van der Waals surface area contributed by atoms with E-state index in [2.05, 4.69) is 29.3 Å². The number of nitrogens with one attached hydrogen (secondary N) is 1. The van der Waals surface area contributed by atoms with E-state index in [1.54, 1.807) is 0 Å². The van der Waals surface area contributed by atoms with Gasteiger partial charge in [0.05, 0.1) is 0 Å². The first kappa shape index (κ1) is 22.4. The summed E-state index contributed by atoms with van der Waals surface area (Å²) in [6.07, 6.45) is 10.1. The van der Waals surface area contributed by atoms with Crippen LogP contribution in [0, 0.1) is 12.8 Å². The highest BCUT2D eigenvalue weighted by Crippen LogP contribution is 2.38. The monoisotopic (exact) mass is 458 g/mol. The van der Waals surface area contributed by atoms with Crippen molar-refractivity contribution in [2.75, 3.05) is 6.54 Å². The Kier molecular flexibility index (Phi) is 6.59. The smallest absolute Gasteiger partial charge is 0.243 e. The molecular weight excluding hydrogens is 420 g/mol. The Hall–Kier alpha value is -1.44. The minimum atomic E-state index is -0.330. The highest BCUT2D eigenvalue weighted by Gasteiger charge is 2.45. The maximum absolute atomic E-state index is 13.5. The Morgan fingerprint density at radius 2 is 1.81 bits per heavy atom. The molecule has 176 valence electrons. The van der Waals surface area contributed by atoms with Gasteiger partial charge in [0.2, 0.25) is 11.8 Å². The molecule has 32 heavy (non-hydrogen) atoms. The number of carbonyl (C=O) groups excluding carboxylic acids is 2. The summed E-state index contributed by atoms with van der Waals surface area (Å²) in [4.78, 5) is 33.8. The summed E-state index contributed by atoms with van der Waals surface area (Å²) in [6, 6.07) is 5.59. The molecule has 4 aliphatic rings. The van der Waals surface area contributed by atoms with Crippen molar-refractivity contribution < 1.29 is 9.59 Å². The van der Waals surface area contributed by atoms with Crippen LogP contribution in [0.15, 0.2) is 12.1 Å². The Balaban J connectivity index is 1.29. The van der Waals surface area contributed by atoms with E-state index in [1.807, 2.05) is 16.2 Å². The van der Waals surface area contributed by atoms with Crippen LogP contribution < -0.4 is 11.1 Å². The molecule has 1 aromatic heterocycles. The molecule has 3 N–H and O–H groups in total. The molecule has 6 nitrogen and oxygen atoms in total. The molecule has 0 aromatic carbocycles. The van der Waals surface area contributed by atoms with Gasteiger partial charge in [0.25, 0.3) is 0 Å². The van der Waals surface area contributed by atoms with Crippen molar-refractivity contribution in [3.63, 3.8) is 0 Å². The van der Waals surface area contributed by atoms with E-state index in [9.17, 15) is 9.59 Å². The summed E-state index contributed by atoms with van der Waals surface area (Å²) in [5.41, 5.74) is 6.05. The van der Waals surface area contributed by atoms with Gasteiger partial charge in [-0.3, -0.25) is 14.5 Å². The molecule has 1 aliphatic heterocycles. The van der Waals surface area contributed by atoms with E-state index in [1.165, 1.54) is 22.6 Å². The van der Waals surface area contributed by atoms with Crippen LogP contribution >= 0.6 is 11.3 Å². The lowest BCUT2D eigenvalue weighted by Gasteiger charge is -2.43. The number of hydrogen-bond acceptors (Lipinski definition) is 5. The fraction of sp³-hybridized carbons (Fsp3) is 0.760. The van der Waals surface area contributed by atoms with E-state index in [0.29, 0.717) is 18.6 Å². The standard InChI is InChI=1S/C25H38N4O2S/c1-16-2-11-22(32-16)15-29(20-9-10-20)21-12-13-28(25(31)17-3-4-17)23(14-21)24(30)27-19-7-5-18(26)6-8-19/h2,11,17-21,23H,3-10,12-15,26H2,1H3,(H,27,30)/t18?,19?,21?,23-/m1/s1. The van der Waals surface area contributed by atoms with E-state index in [4.69, 9.17) is 5.73 Å². The lowest BCUT2D eigenvalue weighted by atomic mass is 9.90. The molecule has 0 radical (unpaired) electrons. The summed E-state index contributed by atoms with van der Waals surface area (Å²) in [5, 5.41) is 3.31. The first-order valence-corrected chi connectivity index (χ1v) is 13.5. The van der Waals surface area contributed by atoms with E-state index in [0.717, 1.165) is 57.9 Å². The molecule has 4 fully saturated rings. The zero-order chi connectivity index (χ0) is 22.2. The third kappa shape index (κ3) is 5.20. The van der Waals surface area contributed by atoms with Crippen molar-refractivity contribution >= 4 is 23.2 Å². The van der Waals surface area contributed by atoms with Crippen molar-refractivity contribution in [2.45, 2.75) is 108 Å². The fourth-order valence-electron chi connectivity index (χ4n) is 5.60. The molecule has 1 aromatic rings. The van der Waals surface area contributed by atoms with Gasteiger partial charge in [0.15, 0.2) is 0 Å². The van der Waals surface area contributed by atoms with Crippen LogP contribution in [-0.4, -0.2) is 58.4 Å². The van der Waals surface area contributed by atoms with Gasteiger partial charge in [-0.15, -0.1) is 11.3 Å². The second-order valence-electron chi connectivity index (χ2n) is 10.5. The van der Waals surface area contributed by atoms with Gasteiger partial charge in [0, 0.05) is 52.9 Å². The first-order chi connectivity index (χ1) is 15.5. The average molecular weight is 459 g/mol. The average Bonchev–Trinajstić information content (AvgIpc) is 3.71. The second kappa shape index (κ2) is 9.43. The van der Waals surface area contributed by atoms with E-state index >= 15 is 0 Å². The highest BCUT2D eigenvalue weighted by atomic mass is 32.1. The van der Waals surface area contributed by atoms with Crippen LogP contribution in [0.4, 0.5) is 0 Å². The van der Waals surface area contributed by atoms with Gasteiger partial charge in [-0.25, -0.2) is 0 Å². The van der Waals surface area contributed by atoms with Crippen molar-refractivity contribution in [1.29, 1.82) is 0 Å². The number of hydrogen-bond donors (Lipinski definition) is 2. The molecule has 0 bridgehead atoms.